The molecule has 9 nitrogen and oxygen atoms in total. The molecule has 4 aromatic rings. The number of β-amino-alcohol motifs (C(OH)–C–C–N with tert-alkyl or cyclic N) is 1. The fourth-order valence-electron chi connectivity index (χ4n) is 8.30. The molecule has 0 amide bonds. The van der Waals surface area contributed by atoms with E-state index in [0.29, 0.717) is 83.0 Å². The second kappa shape index (κ2) is 15.5. The SMILES string of the molecule is CCC1(O)CCCN(c2nc(OCC3(C=O)CC3)nc3c(F)c(-c4cc(OCOC)cc5ccc(F)c(C#C[Si](C(C)C)(C(C)C)C(C)C)c45)ncc23)C1. The van der Waals surface area contributed by atoms with Crippen LogP contribution in [0.1, 0.15) is 86.1 Å². The van der Waals surface area contributed by atoms with Crippen molar-refractivity contribution in [3.8, 4) is 34.5 Å². The van der Waals surface area contributed by atoms with E-state index in [2.05, 4.69) is 63.0 Å². The second-order valence-corrected chi connectivity index (χ2v) is 21.7. The quantitative estimate of drug-likeness (QED) is 0.0620. The molecule has 2 aliphatic rings. The van der Waals surface area contributed by atoms with Crippen molar-refractivity contribution in [3.05, 3.63) is 47.7 Å². The molecule has 54 heavy (non-hydrogen) atoms. The molecule has 288 valence electrons. The van der Waals surface area contributed by atoms with Gasteiger partial charge in [-0.2, -0.15) is 9.97 Å². The van der Waals surface area contributed by atoms with Gasteiger partial charge >= 0.3 is 6.01 Å². The highest BCUT2D eigenvalue weighted by atomic mass is 28.3. The third-order valence-electron chi connectivity index (χ3n) is 11.7. The van der Waals surface area contributed by atoms with Crippen LogP contribution in [0.25, 0.3) is 32.9 Å². The molecule has 2 fully saturated rings. The van der Waals surface area contributed by atoms with Gasteiger partial charge in [0.1, 0.15) is 49.6 Å². The highest BCUT2D eigenvalue weighted by molar-refractivity contribution is 6.90. The van der Waals surface area contributed by atoms with Gasteiger partial charge in [0.15, 0.2) is 12.6 Å². The highest BCUT2D eigenvalue weighted by Gasteiger charge is 2.44. The van der Waals surface area contributed by atoms with Gasteiger partial charge in [-0.15, -0.1) is 5.54 Å². The minimum atomic E-state index is -2.29. The number of methoxy groups -OCH3 is 1. The third-order valence-corrected chi connectivity index (χ3v) is 18.0. The van der Waals surface area contributed by atoms with E-state index in [0.717, 1.165) is 6.29 Å². The van der Waals surface area contributed by atoms with Gasteiger partial charge < -0.3 is 29.0 Å². The highest BCUT2D eigenvalue weighted by Crippen LogP contribution is 2.45. The lowest BCUT2D eigenvalue weighted by Crippen LogP contribution is -2.48. The van der Waals surface area contributed by atoms with Gasteiger partial charge in [-0.05, 0) is 72.3 Å². The third kappa shape index (κ3) is 7.42. The van der Waals surface area contributed by atoms with Gasteiger partial charge in [-0.3, -0.25) is 4.98 Å². The Kier molecular flexibility index (Phi) is 11.4. The number of benzene rings is 2. The minimum absolute atomic E-state index is 0.0483. The Hall–Kier alpha value is -4.18. The zero-order valence-electron chi connectivity index (χ0n) is 32.7. The molecule has 0 radical (unpaired) electrons. The van der Waals surface area contributed by atoms with Crippen molar-refractivity contribution in [1.29, 1.82) is 0 Å². The van der Waals surface area contributed by atoms with Crippen molar-refractivity contribution in [2.75, 3.05) is 38.5 Å². The summed E-state index contributed by atoms with van der Waals surface area (Å²) >= 11 is 0. The summed E-state index contributed by atoms with van der Waals surface area (Å²) < 4.78 is 50.5. The Balaban J connectivity index is 1.60. The predicted molar refractivity (Wildman–Crippen MR) is 211 cm³/mol. The van der Waals surface area contributed by atoms with Gasteiger partial charge in [-0.1, -0.05) is 60.5 Å². The number of anilines is 1. The van der Waals surface area contributed by atoms with Gasteiger partial charge in [0.25, 0.3) is 0 Å². The second-order valence-electron chi connectivity index (χ2n) is 16.1. The van der Waals surface area contributed by atoms with E-state index in [-0.39, 0.29) is 48.3 Å². The maximum atomic E-state index is 17.4. The molecule has 1 aliphatic heterocycles. The summed E-state index contributed by atoms with van der Waals surface area (Å²) in [4.78, 5) is 27.6. The van der Waals surface area contributed by atoms with Crippen molar-refractivity contribution in [2.45, 2.75) is 103 Å². The molecule has 6 rings (SSSR count). The first-order chi connectivity index (χ1) is 25.7. The lowest BCUT2D eigenvalue weighted by atomic mass is 9.90. The first kappa shape index (κ1) is 39.5. The number of pyridine rings is 1. The molecule has 0 spiro atoms. The van der Waals surface area contributed by atoms with Crippen molar-refractivity contribution in [3.63, 3.8) is 0 Å². The molecule has 1 aliphatic carbocycles. The predicted octanol–water partition coefficient (Wildman–Crippen LogP) is 8.77. The monoisotopic (exact) mass is 758 g/mol. The van der Waals surface area contributed by atoms with Gasteiger partial charge in [0.05, 0.1) is 22.0 Å². The Morgan fingerprint density at radius 2 is 1.76 bits per heavy atom. The fourth-order valence-corrected chi connectivity index (χ4v) is 13.5. The molecule has 0 bridgehead atoms. The molecule has 1 saturated carbocycles. The minimum Gasteiger partial charge on any atom is -0.468 e. The van der Waals surface area contributed by atoms with Crippen LogP contribution in [0, 0.1) is 28.5 Å². The molecular weight excluding hydrogens is 707 g/mol. The zero-order valence-corrected chi connectivity index (χ0v) is 33.7. The van der Waals surface area contributed by atoms with Gasteiger partial charge in [0, 0.05) is 37.3 Å². The number of piperidine rings is 1. The number of hydrogen-bond donors (Lipinski definition) is 1. The normalized spacial score (nSPS) is 18.4. The summed E-state index contributed by atoms with van der Waals surface area (Å²) in [5, 5.41) is 12.6. The standard InChI is InChI=1S/C42H52F2N4O5Si/c1-9-42(50)14-10-17-48(22-42)39-33-21-45-37(36(44)38(33)46-40(47-39)52-24-41(23-49)15-16-41)32-20-30(53-25-51-8)19-29-11-12-34(43)31(35(29)32)13-18-54(26(2)3,27(4)5)28(6)7/h11-12,19-21,23,26-28,50H,9-10,14-17,22,24-25H2,1-8H3. The average Bonchev–Trinajstić information content (AvgIpc) is 3.94. The fraction of sp³-hybridized carbons (Fsp3) is 0.524. The summed E-state index contributed by atoms with van der Waals surface area (Å²) in [6.45, 7) is 16.0. The smallest absolute Gasteiger partial charge is 0.319 e. The van der Waals surface area contributed by atoms with E-state index in [1.165, 1.54) is 19.4 Å². The summed E-state index contributed by atoms with van der Waals surface area (Å²) in [6, 6.07) is 6.33. The molecule has 1 atom stereocenters. The van der Waals surface area contributed by atoms with E-state index >= 15 is 8.78 Å². The van der Waals surface area contributed by atoms with Crippen LogP contribution in [0.15, 0.2) is 30.5 Å². The van der Waals surface area contributed by atoms with Crippen LogP contribution in [0.4, 0.5) is 14.6 Å². The summed E-state index contributed by atoms with van der Waals surface area (Å²) in [5.74, 6) is 2.79. The molecule has 1 N–H and O–H groups in total. The Morgan fingerprint density at radius 1 is 1.04 bits per heavy atom. The van der Waals surface area contributed by atoms with E-state index in [9.17, 15) is 9.90 Å². The number of rotatable bonds is 13. The van der Waals surface area contributed by atoms with Crippen molar-refractivity contribution in [2.24, 2.45) is 5.41 Å². The summed E-state index contributed by atoms with van der Waals surface area (Å²) in [5.41, 5.74) is 3.38. The molecule has 3 heterocycles. The van der Waals surface area contributed by atoms with Crippen molar-refractivity contribution >= 4 is 41.9 Å². The Morgan fingerprint density at radius 3 is 2.39 bits per heavy atom. The van der Waals surface area contributed by atoms with E-state index < -0.39 is 30.7 Å². The first-order valence-corrected chi connectivity index (χ1v) is 21.3. The van der Waals surface area contributed by atoms with Crippen LogP contribution in [0.5, 0.6) is 11.8 Å². The van der Waals surface area contributed by atoms with E-state index in [1.807, 2.05) is 11.8 Å². The number of aliphatic hydroxyl groups is 1. The van der Waals surface area contributed by atoms with Crippen LogP contribution < -0.4 is 14.4 Å². The van der Waals surface area contributed by atoms with Gasteiger partial charge in [-0.25, -0.2) is 8.78 Å². The number of aromatic nitrogens is 3. The maximum absolute atomic E-state index is 17.4. The molecule has 2 aromatic carbocycles. The van der Waals surface area contributed by atoms with Crippen molar-refractivity contribution < 1.29 is 32.9 Å². The summed E-state index contributed by atoms with van der Waals surface area (Å²) in [7, 11) is -0.785. The number of hydrogen-bond acceptors (Lipinski definition) is 9. The number of aldehydes is 1. The Labute approximate surface area is 317 Å². The molecule has 12 heteroatoms. The topological polar surface area (TPSA) is 107 Å². The zero-order chi connectivity index (χ0) is 39.0. The molecular formula is C42H52F2N4O5Si. The van der Waals surface area contributed by atoms with E-state index in [1.54, 1.807) is 18.2 Å². The lowest BCUT2D eigenvalue weighted by Gasteiger charge is -2.39. The molecule has 1 unspecified atom stereocenters. The number of carbonyl (C=O) groups excluding carboxylic acids is 1. The van der Waals surface area contributed by atoms with Crippen molar-refractivity contribution in [1.82, 2.24) is 15.0 Å². The number of halogens is 2. The van der Waals surface area contributed by atoms with Crippen LogP contribution in [0.2, 0.25) is 16.6 Å². The molecule has 2 aromatic heterocycles. The van der Waals surface area contributed by atoms with Crippen LogP contribution in [-0.4, -0.2) is 73.6 Å². The van der Waals surface area contributed by atoms with Crippen LogP contribution in [0.3, 0.4) is 0 Å². The average molecular weight is 759 g/mol. The summed E-state index contributed by atoms with van der Waals surface area (Å²) in [6.07, 6.45) is 5.69. The largest absolute Gasteiger partial charge is 0.468 e. The number of ether oxygens (including phenoxy) is 3. The van der Waals surface area contributed by atoms with Gasteiger partial charge in [0.2, 0.25) is 0 Å². The molecule has 1 saturated heterocycles. The Bertz CT molecular complexity index is 2090. The van der Waals surface area contributed by atoms with Crippen LogP contribution >= 0.6 is 0 Å². The first-order valence-electron chi connectivity index (χ1n) is 19.1. The number of carbonyl (C=O) groups is 1. The van der Waals surface area contributed by atoms with E-state index in [4.69, 9.17) is 19.2 Å². The van der Waals surface area contributed by atoms with Crippen LogP contribution in [-0.2, 0) is 9.53 Å². The maximum Gasteiger partial charge on any atom is 0.319 e. The number of fused-ring (bicyclic) bond motifs is 2. The lowest BCUT2D eigenvalue weighted by molar-refractivity contribution is -0.113. The number of nitrogens with zero attached hydrogens (tertiary/aromatic N) is 4.